The standard InChI is InChI=1S/C19H27F3N2O4/c1-17(2,3)28-16(25)24-13(11-26-18(24,4)5)10-15(19(20,21)22)27-14-8-6-12(23)7-9-14/h6-9,13,15H,10-11,23H2,1-5H3. The lowest BCUT2D eigenvalue weighted by Crippen LogP contribution is -2.52. The summed E-state index contributed by atoms with van der Waals surface area (Å²) >= 11 is 0. The van der Waals surface area contributed by atoms with Gasteiger partial charge in [0, 0.05) is 12.1 Å². The summed E-state index contributed by atoms with van der Waals surface area (Å²) in [4.78, 5) is 13.8. The van der Waals surface area contributed by atoms with Crippen molar-refractivity contribution >= 4 is 11.8 Å². The molecule has 0 spiro atoms. The molecular formula is C19H27F3N2O4. The lowest BCUT2D eigenvalue weighted by Gasteiger charge is -2.36. The fourth-order valence-corrected chi connectivity index (χ4v) is 2.94. The minimum absolute atomic E-state index is 0.0403. The topological polar surface area (TPSA) is 74.0 Å². The average Bonchev–Trinajstić information content (AvgIpc) is 2.80. The second-order valence-corrected chi connectivity index (χ2v) is 8.21. The summed E-state index contributed by atoms with van der Waals surface area (Å²) in [5.74, 6) is 0.0403. The number of nitrogens with two attached hydrogens (primary N) is 1. The minimum Gasteiger partial charge on any atom is -0.481 e. The molecule has 1 aliphatic rings. The average molecular weight is 404 g/mol. The fourth-order valence-electron chi connectivity index (χ4n) is 2.94. The number of alkyl halides is 3. The van der Waals surface area contributed by atoms with E-state index in [0.29, 0.717) is 5.69 Å². The Kier molecular flexibility index (Phi) is 6.08. The predicted octanol–water partition coefficient (Wildman–Crippen LogP) is 4.34. The number of benzene rings is 1. The van der Waals surface area contributed by atoms with E-state index < -0.39 is 42.2 Å². The van der Waals surface area contributed by atoms with E-state index in [1.54, 1.807) is 34.6 Å². The van der Waals surface area contributed by atoms with Crippen molar-refractivity contribution in [3.63, 3.8) is 0 Å². The van der Waals surface area contributed by atoms with Crippen molar-refractivity contribution in [1.29, 1.82) is 0 Å². The van der Waals surface area contributed by atoms with Gasteiger partial charge in [0.05, 0.1) is 12.6 Å². The first-order valence-corrected chi connectivity index (χ1v) is 8.94. The summed E-state index contributed by atoms with van der Waals surface area (Å²) in [6, 6.07) is 4.80. The molecule has 0 bridgehead atoms. The van der Waals surface area contributed by atoms with Crippen LogP contribution in [0.15, 0.2) is 24.3 Å². The number of anilines is 1. The summed E-state index contributed by atoms with van der Waals surface area (Å²) < 4.78 is 56.9. The summed E-state index contributed by atoms with van der Waals surface area (Å²) in [6.07, 6.45) is -7.97. The molecule has 0 aromatic heterocycles. The Balaban J connectivity index is 2.21. The van der Waals surface area contributed by atoms with Gasteiger partial charge in [-0.2, -0.15) is 13.2 Å². The molecule has 2 atom stereocenters. The van der Waals surface area contributed by atoms with Crippen molar-refractivity contribution in [2.45, 2.75) is 70.7 Å². The molecule has 1 heterocycles. The van der Waals surface area contributed by atoms with Gasteiger partial charge in [0.15, 0.2) is 6.10 Å². The lowest BCUT2D eigenvalue weighted by molar-refractivity contribution is -0.199. The van der Waals surface area contributed by atoms with Gasteiger partial charge < -0.3 is 19.9 Å². The van der Waals surface area contributed by atoms with Gasteiger partial charge in [-0.1, -0.05) is 0 Å². The Morgan fingerprint density at radius 2 is 1.86 bits per heavy atom. The molecule has 1 aliphatic heterocycles. The normalized spacial score (nSPS) is 20.7. The van der Waals surface area contributed by atoms with Crippen LogP contribution in [0.4, 0.5) is 23.7 Å². The van der Waals surface area contributed by atoms with Gasteiger partial charge in [-0.15, -0.1) is 0 Å². The van der Waals surface area contributed by atoms with Gasteiger partial charge in [-0.05, 0) is 58.9 Å². The highest BCUT2D eigenvalue weighted by Gasteiger charge is 2.50. The number of nitrogens with zero attached hydrogens (tertiary/aromatic N) is 1. The number of halogens is 3. The van der Waals surface area contributed by atoms with Crippen LogP contribution >= 0.6 is 0 Å². The molecule has 1 aromatic rings. The summed E-state index contributed by atoms with van der Waals surface area (Å²) in [5, 5.41) is 0. The quantitative estimate of drug-likeness (QED) is 0.756. The lowest BCUT2D eigenvalue weighted by atomic mass is 10.1. The van der Waals surface area contributed by atoms with Crippen LogP contribution in [0, 0.1) is 0 Å². The maximum absolute atomic E-state index is 13.6. The Labute approximate surface area is 162 Å². The zero-order valence-electron chi connectivity index (χ0n) is 16.7. The van der Waals surface area contributed by atoms with Crippen LogP contribution in [0.25, 0.3) is 0 Å². The van der Waals surface area contributed by atoms with Crippen LogP contribution in [0.1, 0.15) is 41.0 Å². The third-order valence-corrected chi connectivity index (χ3v) is 4.17. The molecule has 1 aromatic carbocycles. The Bertz CT molecular complexity index is 684. The van der Waals surface area contributed by atoms with Crippen LogP contribution in [0.3, 0.4) is 0 Å². The van der Waals surface area contributed by atoms with Crippen molar-refractivity contribution in [3.05, 3.63) is 24.3 Å². The number of hydrogen-bond donors (Lipinski definition) is 1. The number of nitrogen functional groups attached to an aromatic ring is 1. The molecule has 28 heavy (non-hydrogen) atoms. The first-order chi connectivity index (χ1) is 12.7. The fraction of sp³-hybridized carbons (Fsp3) is 0.632. The second-order valence-electron chi connectivity index (χ2n) is 8.21. The van der Waals surface area contributed by atoms with Crippen LogP contribution in [0.2, 0.25) is 0 Å². The minimum atomic E-state index is -4.63. The molecule has 2 unspecified atom stereocenters. The van der Waals surface area contributed by atoms with Gasteiger partial charge in [0.1, 0.15) is 17.1 Å². The van der Waals surface area contributed by atoms with Crippen LogP contribution in [0.5, 0.6) is 5.75 Å². The number of ether oxygens (including phenoxy) is 3. The molecule has 2 N–H and O–H groups in total. The van der Waals surface area contributed by atoms with Crippen LogP contribution in [-0.4, -0.2) is 47.2 Å². The molecule has 0 aliphatic carbocycles. The van der Waals surface area contributed by atoms with Crippen LogP contribution < -0.4 is 10.5 Å². The third kappa shape index (κ3) is 5.67. The zero-order valence-corrected chi connectivity index (χ0v) is 16.7. The maximum Gasteiger partial charge on any atom is 0.425 e. The monoisotopic (exact) mass is 404 g/mol. The highest BCUT2D eigenvalue weighted by Crippen LogP contribution is 2.35. The smallest absolute Gasteiger partial charge is 0.425 e. The Morgan fingerprint density at radius 1 is 1.29 bits per heavy atom. The van der Waals surface area contributed by atoms with Crippen LogP contribution in [-0.2, 0) is 9.47 Å². The van der Waals surface area contributed by atoms with Gasteiger partial charge in [-0.3, -0.25) is 4.90 Å². The van der Waals surface area contributed by atoms with E-state index in [4.69, 9.17) is 19.9 Å². The van der Waals surface area contributed by atoms with Crippen molar-refractivity contribution in [2.24, 2.45) is 0 Å². The molecule has 0 radical (unpaired) electrons. The summed E-state index contributed by atoms with van der Waals surface area (Å²) in [6.45, 7) is 8.23. The SMILES string of the molecule is CC(C)(C)OC(=O)N1C(CC(Oc2ccc(N)cc2)C(F)(F)F)COC1(C)C. The molecule has 1 amide bonds. The van der Waals surface area contributed by atoms with E-state index in [1.165, 1.54) is 29.2 Å². The number of rotatable bonds is 4. The first kappa shape index (κ1) is 22.1. The van der Waals surface area contributed by atoms with E-state index >= 15 is 0 Å². The van der Waals surface area contributed by atoms with Gasteiger partial charge in [-0.25, -0.2) is 4.79 Å². The molecule has 9 heteroatoms. The highest BCUT2D eigenvalue weighted by molar-refractivity contribution is 5.69. The van der Waals surface area contributed by atoms with Crippen molar-refractivity contribution in [3.8, 4) is 5.75 Å². The van der Waals surface area contributed by atoms with Gasteiger partial charge in [0.25, 0.3) is 0 Å². The number of amides is 1. The molecular weight excluding hydrogens is 377 g/mol. The molecule has 2 rings (SSSR count). The summed E-state index contributed by atoms with van der Waals surface area (Å²) in [7, 11) is 0. The Morgan fingerprint density at radius 3 is 2.36 bits per heavy atom. The van der Waals surface area contributed by atoms with Crippen molar-refractivity contribution in [2.75, 3.05) is 12.3 Å². The third-order valence-electron chi connectivity index (χ3n) is 4.17. The van der Waals surface area contributed by atoms with E-state index in [2.05, 4.69) is 0 Å². The molecule has 6 nitrogen and oxygen atoms in total. The second kappa shape index (κ2) is 7.69. The summed E-state index contributed by atoms with van der Waals surface area (Å²) in [5.41, 5.74) is 4.09. The molecule has 1 fully saturated rings. The first-order valence-electron chi connectivity index (χ1n) is 8.94. The Hall–Kier alpha value is -2.16. The van der Waals surface area contributed by atoms with Crippen molar-refractivity contribution < 1.29 is 32.2 Å². The number of hydrogen-bond acceptors (Lipinski definition) is 5. The molecule has 1 saturated heterocycles. The van der Waals surface area contributed by atoms with E-state index in [1.807, 2.05) is 0 Å². The van der Waals surface area contributed by atoms with Crippen molar-refractivity contribution in [1.82, 2.24) is 4.90 Å². The highest BCUT2D eigenvalue weighted by atomic mass is 19.4. The molecule has 0 saturated carbocycles. The largest absolute Gasteiger partial charge is 0.481 e. The van der Waals surface area contributed by atoms with E-state index in [0.717, 1.165) is 0 Å². The van der Waals surface area contributed by atoms with Gasteiger partial charge in [0.2, 0.25) is 0 Å². The molecule has 158 valence electrons. The van der Waals surface area contributed by atoms with E-state index in [9.17, 15) is 18.0 Å². The number of carbonyl (C=O) groups excluding carboxylic acids is 1. The van der Waals surface area contributed by atoms with Gasteiger partial charge >= 0.3 is 12.3 Å². The zero-order chi connectivity index (χ0) is 21.3. The predicted molar refractivity (Wildman–Crippen MR) is 97.8 cm³/mol. The van der Waals surface area contributed by atoms with E-state index in [-0.39, 0.29) is 12.4 Å². The number of carbonyl (C=O) groups is 1. The maximum atomic E-state index is 13.6.